The number of rotatable bonds is 5. The number of sulfonamides is 1. The zero-order valence-electron chi connectivity index (χ0n) is 12.7. The van der Waals surface area contributed by atoms with Crippen molar-refractivity contribution < 1.29 is 13.2 Å². The van der Waals surface area contributed by atoms with E-state index in [1.807, 2.05) is 6.92 Å². The lowest BCUT2D eigenvalue weighted by Gasteiger charge is -2.23. The van der Waals surface area contributed by atoms with E-state index >= 15 is 0 Å². The molecule has 1 aliphatic rings. The summed E-state index contributed by atoms with van der Waals surface area (Å²) in [6.07, 6.45) is 1.41. The first kappa shape index (κ1) is 16.6. The second kappa shape index (κ2) is 6.55. The van der Waals surface area contributed by atoms with Crippen LogP contribution in [0.1, 0.15) is 25.8 Å². The number of halogens is 1. The molecule has 1 aromatic carbocycles. The van der Waals surface area contributed by atoms with Gasteiger partial charge in [0, 0.05) is 18.5 Å². The van der Waals surface area contributed by atoms with Crippen molar-refractivity contribution in [3.8, 4) is 5.75 Å². The van der Waals surface area contributed by atoms with Crippen LogP contribution >= 0.6 is 11.6 Å². The maximum Gasteiger partial charge on any atom is 0.243 e. The maximum absolute atomic E-state index is 12.9. The second-order valence-corrected chi connectivity index (χ2v) is 7.91. The molecular weight excluding hydrogens is 310 g/mol. The molecule has 0 amide bonds. The Morgan fingerprint density at radius 1 is 1.38 bits per heavy atom. The van der Waals surface area contributed by atoms with E-state index < -0.39 is 10.0 Å². The summed E-state index contributed by atoms with van der Waals surface area (Å²) in [5.74, 6) is 1.42. The standard InChI is InChI=1S/C15H22ClNO3S/c1-11-8-12(2)17(10-11)21(18,19)15-5-4-14(20-3)9-13(15)6-7-16/h4-5,9,11-12H,6-8,10H2,1-3H3. The number of aryl methyl sites for hydroxylation is 1. The zero-order valence-corrected chi connectivity index (χ0v) is 14.2. The molecule has 0 N–H and O–H groups in total. The lowest BCUT2D eigenvalue weighted by molar-refractivity contribution is 0.403. The number of benzene rings is 1. The smallest absolute Gasteiger partial charge is 0.243 e. The van der Waals surface area contributed by atoms with E-state index in [9.17, 15) is 8.42 Å². The van der Waals surface area contributed by atoms with Gasteiger partial charge in [0.15, 0.2) is 0 Å². The number of hydrogen-bond donors (Lipinski definition) is 0. The summed E-state index contributed by atoms with van der Waals surface area (Å²) in [6, 6.07) is 5.12. The van der Waals surface area contributed by atoms with Gasteiger partial charge in [-0.25, -0.2) is 8.42 Å². The van der Waals surface area contributed by atoms with E-state index in [0.29, 0.717) is 35.4 Å². The minimum atomic E-state index is -3.48. The minimum absolute atomic E-state index is 0.0379. The van der Waals surface area contributed by atoms with Crippen molar-refractivity contribution in [2.45, 2.75) is 37.6 Å². The highest BCUT2D eigenvalue weighted by Crippen LogP contribution is 2.32. The Bertz CT molecular complexity index is 603. The van der Waals surface area contributed by atoms with Crippen LogP contribution in [0.4, 0.5) is 0 Å². The SMILES string of the molecule is COc1ccc(S(=O)(=O)N2CC(C)CC2C)c(CCCl)c1. The van der Waals surface area contributed by atoms with Crippen molar-refractivity contribution in [2.24, 2.45) is 5.92 Å². The van der Waals surface area contributed by atoms with Crippen LogP contribution in [0.3, 0.4) is 0 Å². The molecule has 6 heteroatoms. The third kappa shape index (κ3) is 3.35. The van der Waals surface area contributed by atoms with Gasteiger partial charge < -0.3 is 4.74 Å². The zero-order chi connectivity index (χ0) is 15.6. The van der Waals surface area contributed by atoms with Crippen LogP contribution in [0.2, 0.25) is 0 Å². The van der Waals surface area contributed by atoms with Crippen molar-refractivity contribution >= 4 is 21.6 Å². The van der Waals surface area contributed by atoms with Gasteiger partial charge in [-0.3, -0.25) is 0 Å². The van der Waals surface area contributed by atoms with E-state index in [2.05, 4.69) is 6.92 Å². The molecule has 118 valence electrons. The van der Waals surface area contributed by atoms with Crippen molar-refractivity contribution in [1.29, 1.82) is 0 Å². The van der Waals surface area contributed by atoms with Gasteiger partial charge in [-0.2, -0.15) is 4.31 Å². The molecule has 2 rings (SSSR count). The third-order valence-electron chi connectivity index (χ3n) is 3.94. The molecule has 2 unspecified atom stereocenters. The van der Waals surface area contributed by atoms with Crippen molar-refractivity contribution in [3.63, 3.8) is 0 Å². The normalized spacial score (nSPS) is 23.4. The largest absolute Gasteiger partial charge is 0.497 e. The summed E-state index contributed by atoms with van der Waals surface area (Å²) in [4.78, 5) is 0.352. The molecule has 0 aromatic heterocycles. The van der Waals surface area contributed by atoms with Gasteiger partial charge >= 0.3 is 0 Å². The molecule has 0 bridgehead atoms. The fraction of sp³-hybridized carbons (Fsp3) is 0.600. The molecule has 1 heterocycles. The summed E-state index contributed by atoms with van der Waals surface area (Å²) in [6.45, 7) is 4.63. The van der Waals surface area contributed by atoms with Gasteiger partial charge in [0.2, 0.25) is 10.0 Å². The summed E-state index contributed by atoms with van der Waals surface area (Å²) < 4.78 is 32.6. The first-order valence-corrected chi connectivity index (χ1v) is 9.12. The molecular formula is C15H22ClNO3S. The van der Waals surface area contributed by atoms with Gasteiger partial charge in [-0.15, -0.1) is 11.6 Å². The summed E-state index contributed by atoms with van der Waals surface area (Å²) >= 11 is 5.82. The van der Waals surface area contributed by atoms with Gasteiger partial charge in [0.05, 0.1) is 12.0 Å². The summed E-state index contributed by atoms with van der Waals surface area (Å²) in [5, 5.41) is 0. The molecule has 2 atom stereocenters. The van der Waals surface area contributed by atoms with E-state index in [4.69, 9.17) is 16.3 Å². The first-order chi connectivity index (χ1) is 9.90. The molecule has 0 radical (unpaired) electrons. The fourth-order valence-corrected chi connectivity index (χ4v) is 5.15. The minimum Gasteiger partial charge on any atom is -0.497 e. The fourth-order valence-electron chi connectivity index (χ4n) is 2.95. The first-order valence-electron chi connectivity index (χ1n) is 7.15. The molecule has 1 aromatic rings. The lowest BCUT2D eigenvalue weighted by Crippen LogP contribution is -2.34. The molecule has 1 fully saturated rings. The van der Waals surface area contributed by atoms with Crippen molar-refractivity contribution in [2.75, 3.05) is 19.5 Å². The van der Waals surface area contributed by atoms with Crippen LogP contribution in [0, 0.1) is 5.92 Å². The summed E-state index contributed by atoms with van der Waals surface area (Å²) in [5.41, 5.74) is 0.719. The van der Waals surface area contributed by atoms with Crippen LogP contribution < -0.4 is 4.74 Å². The van der Waals surface area contributed by atoms with Crippen molar-refractivity contribution in [1.82, 2.24) is 4.31 Å². The Morgan fingerprint density at radius 3 is 2.62 bits per heavy atom. The average molecular weight is 332 g/mol. The molecule has 1 saturated heterocycles. The number of ether oxygens (including phenoxy) is 1. The highest BCUT2D eigenvalue weighted by molar-refractivity contribution is 7.89. The molecule has 1 aliphatic heterocycles. The van der Waals surface area contributed by atoms with Crippen LogP contribution in [0.5, 0.6) is 5.75 Å². The highest BCUT2D eigenvalue weighted by Gasteiger charge is 2.37. The van der Waals surface area contributed by atoms with E-state index in [0.717, 1.165) is 12.0 Å². The highest BCUT2D eigenvalue weighted by atomic mass is 35.5. The van der Waals surface area contributed by atoms with Crippen LogP contribution in [0.15, 0.2) is 23.1 Å². The van der Waals surface area contributed by atoms with Gasteiger partial charge in [0.25, 0.3) is 0 Å². The molecule has 0 aliphatic carbocycles. The topological polar surface area (TPSA) is 46.6 Å². The number of hydrogen-bond acceptors (Lipinski definition) is 3. The average Bonchev–Trinajstić information content (AvgIpc) is 2.78. The lowest BCUT2D eigenvalue weighted by atomic mass is 10.1. The predicted molar refractivity (Wildman–Crippen MR) is 84.6 cm³/mol. The Kier molecular flexibility index (Phi) is 5.17. The number of alkyl halides is 1. The van der Waals surface area contributed by atoms with E-state index in [1.165, 1.54) is 0 Å². The Labute approximate surface area is 132 Å². The van der Waals surface area contributed by atoms with Gasteiger partial charge in [0.1, 0.15) is 5.75 Å². The Morgan fingerprint density at radius 2 is 2.10 bits per heavy atom. The second-order valence-electron chi connectivity index (χ2n) is 5.68. The van der Waals surface area contributed by atoms with E-state index in [-0.39, 0.29) is 6.04 Å². The predicted octanol–water partition coefficient (Wildman–Crippen LogP) is 2.90. The quantitative estimate of drug-likeness (QED) is 0.779. The van der Waals surface area contributed by atoms with E-state index in [1.54, 1.807) is 29.6 Å². The monoisotopic (exact) mass is 331 g/mol. The molecule has 4 nitrogen and oxygen atoms in total. The Balaban J connectivity index is 2.44. The Hall–Kier alpha value is -0.780. The molecule has 0 spiro atoms. The summed E-state index contributed by atoms with van der Waals surface area (Å²) in [7, 11) is -1.91. The number of nitrogens with zero attached hydrogens (tertiary/aromatic N) is 1. The van der Waals surface area contributed by atoms with Gasteiger partial charge in [-0.05, 0) is 49.4 Å². The number of methoxy groups -OCH3 is 1. The molecule has 0 saturated carbocycles. The maximum atomic E-state index is 12.9. The van der Waals surface area contributed by atoms with Crippen LogP contribution in [-0.2, 0) is 16.4 Å². The van der Waals surface area contributed by atoms with Crippen molar-refractivity contribution in [3.05, 3.63) is 23.8 Å². The van der Waals surface area contributed by atoms with Crippen LogP contribution in [0.25, 0.3) is 0 Å². The third-order valence-corrected chi connectivity index (χ3v) is 6.21. The van der Waals surface area contributed by atoms with Crippen LogP contribution in [-0.4, -0.2) is 38.3 Å². The molecule has 21 heavy (non-hydrogen) atoms. The van der Waals surface area contributed by atoms with Gasteiger partial charge in [-0.1, -0.05) is 6.92 Å².